The third-order valence-electron chi connectivity index (χ3n) is 3.75. The van der Waals surface area contributed by atoms with Crippen LogP contribution in [0.4, 0.5) is 0 Å². The number of aromatic nitrogens is 1. The van der Waals surface area contributed by atoms with Gasteiger partial charge < -0.3 is 19.4 Å². The van der Waals surface area contributed by atoms with E-state index < -0.39 is 11.3 Å². The molecule has 2 heterocycles. The van der Waals surface area contributed by atoms with E-state index in [9.17, 15) is 9.59 Å². The first kappa shape index (κ1) is 17.8. The van der Waals surface area contributed by atoms with Crippen LogP contribution in [0.2, 0.25) is 5.02 Å². The highest BCUT2D eigenvalue weighted by Crippen LogP contribution is 2.16. The number of fused-ring (bicyclic) bond motifs is 1. The maximum Gasteiger partial charge on any atom is 0.257 e. The second-order valence-electron chi connectivity index (χ2n) is 5.58. The molecule has 2 aromatic heterocycles. The van der Waals surface area contributed by atoms with Crippen LogP contribution < -0.4 is 10.7 Å². The summed E-state index contributed by atoms with van der Waals surface area (Å²) < 4.78 is 7.04. The van der Waals surface area contributed by atoms with E-state index in [4.69, 9.17) is 21.1 Å². The Morgan fingerprint density at radius 3 is 2.77 bits per heavy atom. The van der Waals surface area contributed by atoms with Gasteiger partial charge in [0.1, 0.15) is 12.2 Å². The van der Waals surface area contributed by atoms with E-state index >= 15 is 0 Å². The Labute approximate surface area is 154 Å². The number of amides is 1. The molecule has 0 unspecified atom stereocenters. The minimum absolute atomic E-state index is 0.0106. The number of pyridine rings is 1. The second kappa shape index (κ2) is 7.48. The highest BCUT2D eigenvalue weighted by atomic mass is 35.5. The van der Waals surface area contributed by atoms with Gasteiger partial charge in [-0.05, 0) is 23.6 Å². The molecule has 7 heteroatoms. The van der Waals surface area contributed by atoms with Crippen LogP contribution in [-0.2, 0) is 13.6 Å². The summed E-state index contributed by atoms with van der Waals surface area (Å²) in [7, 11) is 1.67. The van der Waals surface area contributed by atoms with Crippen molar-refractivity contribution in [3.05, 3.63) is 68.7 Å². The van der Waals surface area contributed by atoms with Gasteiger partial charge in [0.25, 0.3) is 5.91 Å². The number of carbonyl (C=O) groups excluding carboxylic acids is 1. The number of aliphatic hydroxyl groups excluding tert-OH is 1. The zero-order valence-electron chi connectivity index (χ0n) is 13.9. The summed E-state index contributed by atoms with van der Waals surface area (Å²) in [5.74, 6) is 4.83. The number of benzene rings is 1. The molecule has 0 saturated heterocycles. The third-order valence-corrected chi connectivity index (χ3v) is 4.00. The minimum Gasteiger partial charge on any atom is -0.431 e. The SMILES string of the molecule is Cn1cc(C(=O)NCc2ccc(Cl)cc2)c(=O)c2cc(C#CCO)oc21. The second-order valence-corrected chi connectivity index (χ2v) is 6.02. The predicted octanol–water partition coefficient (Wildman–Crippen LogP) is 2.06. The molecular formula is C19H15ClN2O4. The normalized spacial score (nSPS) is 10.4. The molecule has 0 fully saturated rings. The van der Waals surface area contributed by atoms with Gasteiger partial charge >= 0.3 is 0 Å². The smallest absolute Gasteiger partial charge is 0.257 e. The fraction of sp³-hybridized carbons (Fsp3) is 0.158. The van der Waals surface area contributed by atoms with Gasteiger partial charge in [0.05, 0.1) is 5.39 Å². The number of hydrogen-bond acceptors (Lipinski definition) is 4. The first-order chi connectivity index (χ1) is 12.5. The Kier molecular flexibility index (Phi) is 5.12. The van der Waals surface area contributed by atoms with E-state index in [0.717, 1.165) is 5.56 Å². The molecule has 0 spiro atoms. The number of aliphatic hydroxyl groups is 1. The number of halogens is 1. The largest absolute Gasteiger partial charge is 0.431 e. The molecule has 2 N–H and O–H groups in total. The highest BCUT2D eigenvalue weighted by molar-refractivity contribution is 6.30. The molecule has 26 heavy (non-hydrogen) atoms. The summed E-state index contributed by atoms with van der Waals surface area (Å²) in [6.07, 6.45) is 1.43. The van der Waals surface area contributed by atoms with Gasteiger partial charge in [0.2, 0.25) is 11.1 Å². The summed E-state index contributed by atoms with van der Waals surface area (Å²) in [4.78, 5) is 25.1. The Bertz CT molecular complexity index is 1080. The minimum atomic E-state index is -0.480. The van der Waals surface area contributed by atoms with Gasteiger partial charge in [-0.1, -0.05) is 29.7 Å². The van der Waals surface area contributed by atoms with Gasteiger partial charge in [0, 0.05) is 30.9 Å². The van der Waals surface area contributed by atoms with Crippen LogP contribution in [0.25, 0.3) is 11.1 Å². The van der Waals surface area contributed by atoms with Gasteiger partial charge in [-0.15, -0.1) is 0 Å². The van der Waals surface area contributed by atoms with Crippen molar-refractivity contribution >= 4 is 28.6 Å². The van der Waals surface area contributed by atoms with Crippen molar-refractivity contribution in [3.8, 4) is 11.8 Å². The lowest BCUT2D eigenvalue weighted by Gasteiger charge is -2.07. The van der Waals surface area contributed by atoms with Crippen LogP contribution in [0, 0.1) is 11.8 Å². The van der Waals surface area contributed by atoms with E-state index in [1.165, 1.54) is 12.3 Å². The molecule has 1 aromatic carbocycles. The molecule has 0 aliphatic carbocycles. The Morgan fingerprint density at radius 1 is 1.35 bits per heavy atom. The number of hydrogen-bond donors (Lipinski definition) is 2. The van der Waals surface area contributed by atoms with Crippen molar-refractivity contribution in [2.24, 2.45) is 7.05 Å². The predicted molar refractivity (Wildman–Crippen MR) is 98.0 cm³/mol. The van der Waals surface area contributed by atoms with Crippen molar-refractivity contribution in [1.29, 1.82) is 0 Å². The zero-order valence-corrected chi connectivity index (χ0v) is 14.6. The topological polar surface area (TPSA) is 84.5 Å². The quantitative estimate of drug-likeness (QED) is 0.691. The standard InChI is InChI=1S/C19H15ClN2O4/c1-22-11-16(18(25)21-10-12-4-6-13(20)7-5-12)17(24)15-9-14(3-2-8-23)26-19(15)22/h4-7,9,11,23H,8,10H2,1H3,(H,21,25). The summed E-state index contributed by atoms with van der Waals surface area (Å²) in [6, 6.07) is 8.53. The molecule has 0 radical (unpaired) electrons. The van der Waals surface area contributed by atoms with Crippen LogP contribution >= 0.6 is 11.6 Å². The van der Waals surface area contributed by atoms with Crippen molar-refractivity contribution in [2.45, 2.75) is 6.54 Å². The van der Waals surface area contributed by atoms with Gasteiger partial charge in [0.15, 0.2) is 5.76 Å². The van der Waals surface area contributed by atoms with Crippen molar-refractivity contribution in [3.63, 3.8) is 0 Å². The molecule has 0 bridgehead atoms. The monoisotopic (exact) mass is 370 g/mol. The van der Waals surface area contributed by atoms with Crippen LogP contribution in [0.5, 0.6) is 0 Å². The Morgan fingerprint density at radius 2 is 2.08 bits per heavy atom. The first-order valence-electron chi connectivity index (χ1n) is 7.75. The summed E-state index contributed by atoms with van der Waals surface area (Å²) in [6.45, 7) is -0.0401. The maximum absolute atomic E-state index is 12.6. The average Bonchev–Trinajstić information content (AvgIpc) is 3.07. The highest BCUT2D eigenvalue weighted by Gasteiger charge is 2.17. The summed E-state index contributed by atoms with van der Waals surface area (Å²) in [5.41, 5.74) is 0.751. The van der Waals surface area contributed by atoms with Gasteiger partial charge in [-0.25, -0.2) is 0 Å². The van der Waals surface area contributed by atoms with E-state index in [1.807, 2.05) is 0 Å². The van der Waals surface area contributed by atoms with E-state index in [-0.39, 0.29) is 29.9 Å². The fourth-order valence-electron chi connectivity index (χ4n) is 2.49. The van der Waals surface area contributed by atoms with E-state index in [1.54, 1.807) is 35.9 Å². The molecule has 0 aliphatic rings. The van der Waals surface area contributed by atoms with Crippen LogP contribution in [0.1, 0.15) is 21.7 Å². The lowest BCUT2D eigenvalue weighted by molar-refractivity contribution is 0.0949. The first-order valence-corrected chi connectivity index (χ1v) is 8.13. The van der Waals surface area contributed by atoms with Crippen molar-refractivity contribution in [2.75, 3.05) is 6.61 Å². The molecule has 3 aromatic rings. The molecule has 3 rings (SSSR count). The molecule has 6 nitrogen and oxygen atoms in total. The van der Waals surface area contributed by atoms with E-state index in [0.29, 0.717) is 10.7 Å². The molecule has 1 amide bonds. The van der Waals surface area contributed by atoms with Crippen LogP contribution in [-0.4, -0.2) is 22.2 Å². The third kappa shape index (κ3) is 3.64. The zero-order chi connectivity index (χ0) is 18.7. The number of nitrogens with zero attached hydrogens (tertiary/aromatic N) is 1. The fourth-order valence-corrected chi connectivity index (χ4v) is 2.62. The number of furan rings is 1. The molecular weight excluding hydrogens is 356 g/mol. The lowest BCUT2D eigenvalue weighted by Crippen LogP contribution is -2.29. The average molecular weight is 371 g/mol. The van der Waals surface area contributed by atoms with Crippen molar-refractivity contribution < 1.29 is 14.3 Å². The maximum atomic E-state index is 12.6. The summed E-state index contributed by atoms with van der Waals surface area (Å²) >= 11 is 5.83. The number of aryl methyl sites for hydroxylation is 1. The molecule has 0 atom stereocenters. The number of carbonyl (C=O) groups is 1. The molecule has 0 aliphatic heterocycles. The Balaban J connectivity index is 1.89. The van der Waals surface area contributed by atoms with Gasteiger partial charge in [-0.2, -0.15) is 0 Å². The molecule has 132 valence electrons. The number of nitrogens with one attached hydrogen (secondary N) is 1. The molecule has 0 saturated carbocycles. The summed E-state index contributed by atoms with van der Waals surface area (Å²) in [5, 5.41) is 12.3. The van der Waals surface area contributed by atoms with Crippen LogP contribution in [0.3, 0.4) is 0 Å². The van der Waals surface area contributed by atoms with Crippen LogP contribution in [0.15, 0.2) is 45.7 Å². The van der Waals surface area contributed by atoms with Crippen molar-refractivity contribution in [1.82, 2.24) is 9.88 Å². The number of rotatable bonds is 3. The van der Waals surface area contributed by atoms with E-state index in [2.05, 4.69) is 17.2 Å². The Hall–Kier alpha value is -3.01. The lowest BCUT2D eigenvalue weighted by atomic mass is 10.2. The van der Waals surface area contributed by atoms with Gasteiger partial charge in [-0.3, -0.25) is 9.59 Å².